The van der Waals surface area contributed by atoms with Crippen molar-refractivity contribution in [3.63, 3.8) is 0 Å². The first-order valence-electron chi connectivity index (χ1n) is 4.81. The number of aryl methyl sites for hydroxylation is 1. The molecule has 1 aliphatic rings. The third-order valence-electron chi connectivity index (χ3n) is 2.73. The van der Waals surface area contributed by atoms with E-state index in [0.717, 1.165) is 12.0 Å². The summed E-state index contributed by atoms with van der Waals surface area (Å²) < 4.78 is 0. The average Bonchev–Trinajstić information content (AvgIpc) is 2.60. The molecule has 2 N–H and O–H groups in total. The van der Waals surface area contributed by atoms with Crippen LogP contribution in [-0.4, -0.2) is 11.1 Å². The smallest absolute Gasteiger partial charge is 0.325 e. The molecule has 1 atom stereocenters. The molecule has 3 nitrogen and oxygen atoms in total. The summed E-state index contributed by atoms with van der Waals surface area (Å²) in [4.78, 5) is 10.9. The SMILES string of the molecule is CCc1cccc2c1CNC2C(=O)O. The van der Waals surface area contributed by atoms with E-state index in [1.54, 1.807) is 0 Å². The van der Waals surface area contributed by atoms with E-state index in [1.807, 2.05) is 12.1 Å². The molecule has 0 amide bonds. The first kappa shape index (κ1) is 9.21. The lowest BCUT2D eigenvalue weighted by Crippen LogP contribution is -2.21. The maximum absolute atomic E-state index is 10.9. The van der Waals surface area contributed by atoms with Crippen LogP contribution < -0.4 is 5.32 Å². The van der Waals surface area contributed by atoms with Crippen molar-refractivity contribution in [2.75, 3.05) is 0 Å². The van der Waals surface area contributed by atoms with Gasteiger partial charge in [0.25, 0.3) is 0 Å². The van der Waals surface area contributed by atoms with Crippen LogP contribution in [-0.2, 0) is 17.8 Å². The summed E-state index contributed by atoms with van der Waals surface area (Å²) >= 11 is 0. The lowest BCUT2D eigenvalue weighted by molar-refractivity contribution is -0.139. The molecule has 1 aliphatic heterocycles. The fourth-order valence-corrected chi connectivity index (χ4v) is 2.01. The average molecular weight is 191 g/mol. The Morgan fingerprint density at radius 1 is 1.64 bits per heavy atom. The Labute approximate surface area is 82.8 Å². The highest BCUT2D eigenvalue weighted by Crippen LogP contribution is 2.28. The molecule has 0 aromatic heterocycles. The number of benzene rings is 1. The predicted octanol–water partition coefficient (Wildman–Crippen LogP) is 1.48. The van der Waals surface area contributed by atoms with E-state index >= 15 is 0 Å². The van der Waals surface area contributed by atoms with Gasteiger partial charge in [-0.15, -0.1) is 0 Å². The lowest BCUT2D eigenvalue weighted by atomic mass is 9.98. The van der Waals surface area contributed by atoms with Crippen LogP contribution in [0.1, 0.15) is 29.7 Å². The van der Waals surface area contributed by atoms with Crippen molar-refractivity contribution >= 4 is 5.97 Å². The number of fused-ring (bicyclic) bond motifs is 1. The van der Waals surface area contributed by atoms with E-state index in [0.29, 0.717) is 6.54 Å². The van der Waals surface area contributed by atoms with Crippen LogP contribution in [0.5, 0.6) is 0 Å². The number of carbonyl (C=O) groups is 1. The Bertz CT molecular complexity index is 374. The minimum atomic E-state index is -0.794. The molecule has 1 unspecified atom stereocenters. The second-order valence-corrected chi connectivity index (χ2v) is 3.49. The zero-order valence-corrected chi connectivity index (χ0v) is 8.08. The largest absolute Gasteiger partial charge is 0.480 e. The molecule has 0 fully saturated rings. The summed E-state index contributed by atoms with van der Waals surface area (Å²) in [5.74, 6) is -0.794. The van der Waals surface area contributed by atoms with Gasteiger partial charge in [0.15, 0.2) is 0 Å². The van der Waals surface area contributed by atoms with Gasteiger partial charge < -0.3 is 5.11 Å². The number of hydrogen-bond donors (Lipinski definition) is 2. The van der Waals surface area contributed by atoms with Crippen LogP contribution in [0.15, 0.2) is 18.2 Å². The van der Waals surface area contributed by atoms with Gasteiger partial charge in [-0.25, -0.2) is 0 Å². The molecule has 0 bridgehead atoms. The van der Waals surface area contributed by atoms with Crippen molar-refractivity contribution in [1.82, 2.24) is 5.32 Å². The van der Waals surface area contributed by atoms with E-state index in [4.69, 9.17) is 5.11 Å². The van der Waals surface area contributed by atoms with Gasteiger partial charge in [0, 0.05) is 6.54 Å². The summed E-state index contributed by atoms with van der Waals surface area (Å²) in [6.07, 6.45) is 0.956. The van der Waals surface area contributed by atoms with E-state index in [-0.39, 0.29) is 0 Å². The van der Waals surface area contributed by atoms with Crippen LogP contribution >= 0.6 is 0 Å². The van der Waals surface area contributed by atoms with Crippen LogP contribution in [0.3, 0.4) is 0 Å². The predicted molar refractivity (Wildman–Crippen MR) is 53.0 cm³/mol. The zero-order chi connectivity index (χ0) is 10.1. The fraction of sp³-hybridized carbons (Fsp3) is 0.364. The van der Waals surface area contributed by atoms with Gasteiger partial charge in [0.1, 0.15) is 6.04 Å². The molecule has 1 aromatic carbocycles. The van der Waals surface area contributed by atoms with Crippen molar-refractivity contribution in [3.05, 3.63) is 34.9 Å². The van der Waals surface area contributed by atoms with Crippen molar-refractivity contribution in [2.45, 2.75) is 25.9 Å². The fourth-order valence-electron chi connectivity index (χ4n) is 2.01. The minimum Gasteiger partial charge on any atom is -0.480 e. The third kappa shape index (κ3) is 1.30. The van der Waals surface area contributed by atoms with Crippen LogP contribution in [0, 0.1) is 0 Å². The first-order chi connectivity index (χ1) is 6.74. The molecule has 0 aliphatic carbocycles. The Hall–Kier alpha value is -1.35. The molecular weight excluding hydrogens is 178 g/mol. The van der Waals surface area contributed by atoms with Crippen molar-refractivity contribution < 1.29 is 9.90 Å². The Morgan fingerprint density at radius 2 is 2.43 bits per heavy atom. The molecule has 3 heteroatoms. The van der Waals surface area contributed by atoms with Gasteiger partial charge in [-0.1, -0.05) is 25.1 Å². The van der Waals surface area contributed by atoms with Crippen LogP contribution in [0.2, 0.25) is 0 Å². The number of hydrogen-bond acceptors (Lipinski definition) is 2. The summed E-state index contributed by atoms with van der Waals surface area (Å²) in [6.45, 7) is 2.76. The molecule has 74 valence electrons. The maximum atomic E-state index is 10.9. The molecule has 2 rings (SSSR count). The highest BCUT2D eigenvalue weighted by molar-refractivity contribution is 5.77. The summed E-state index contributed by atoms with van der Waals surface area (Å²) in [6, 6.07) is 5.37. The second-order valence-electron chi connectivity index (χ2n) is 3.49. The Morgan fingerprint density at radius 3 is 3.07 bits per heavy atom. The van der Waals surface area contributed by atoms with Crippen LogP contribution in [0.25, 0.3) is 0 Å². The van der Waals surface area contributed by atoms with Crippen LogP contribution in [0.4, 0.5) is 0 Å². The molecule has 0 saturated heterocycles. The highest BCUT2D eigenvalue weighted by atomic mass is 16.4. The van der Waals surface area contributed by atoms with Gasteiger partial charge in [0.05, 0.1) is 0 Å². The molecule has 1 aromatic rings. The topological polar surface area (TPSA) is 49.3 Å². The molecule has 14 heavy (non-hydrogen) atoms. The lowest BCUT2D eigenvalue weighted by Gasteiger charge is -2.07. The molecule has 0 saturated carbocycles. The number of rotatable bonds is 2. The third-order valence-corrected chi connectivity index (χ3v) is 2.73. The van der Waals surface area contributed by atoms with E-state index in [1.165, 1.54) is 11.1 Å². The number of carboxylic acid groups (broad SMARTS) is 1. The van der Waals surface area contributed by atoms with Gasteiger partial charge in [-0.05, 0) is 23.1 Å². The molecule has 0 spiro atoms. The minimum absolute atomic E-state index is 0.517. The van der Waals surface area contributed by atoms with Gasteiger partial charge in [-0.3, -0.25) is 10.1 Å². The number of nitrogens with one attached hydrogen (secondary N) is 1. The van der Waals surface area contributed by atoms with Crippen molar-refractivity contribution in [2.24, 2.45) is 0 Å². The molecule has 0 radical (unpaired) electrons. The summed E-state index contributed by atoms with van der Waals surface area (Å²) in [7, 11) is 0. The quantitative estimate of drug-likeness (QED) is 0.744. The molecular formula is C11H13NO2. The van der Waals surface area contributed by atoms with Crippen molar-refractivity contribution in [3.8, 4) is 0 Å². The van der Waals surface area contributed by atoms with Gasteiger partial charge >= 0.3 is 5.97 Å². The zero-order valence-electron chi connectivity index (χ0n) is 8.08. The Balaban J connectivity index is 2.46. The van der Waals surface area contributed by atoms with Gasteiger partial charge in [0.2, 0.25) is 0 Å². The summed E-state index contributed by atoms with van der Waals surface area (Å²) in [5, 5.41) is 12.0. The summed E-state index contributed by atoms with van der Waals surface area (Å²) in [5.41, 5.74) is 3.35. The van der Waals surface area contributed by atoms with Gasteiger partial charge in [-0.2, -0.15) is 0 Å². The van der Waals surface area contributed by atoms with E-state index in [9.17, 15) is 4.79 Å². The monoisotopic (exact) mass is 191 g/mol. The standard InChI is InChI=1S/C11H13NO2/c1-2-7-4-3-5-8-9(7)6-12-10(8)11(13)14/h3-5,10,12H,2,6H2,1H3,(H,13,14). The number of carboxylic acids is 1. The molecule has 1 heterocycles. The normalized spacial score (nSPS) is 19.4. The Kier molecular flexibility index (Phi) is 2.25. The highest BCUT2D eigenvalue weighted by Gasteiger charge is 2.28. The first-order valence-corrected chi connectivity index (χ1v) is 4.81. The maximum Gasteiger partial charge on any atom is 0.325 e. The van der Waals surface area contributed by atoms with E-state index < -0.39 is 12.0 Å². The van der Waals surface area contributed by atoms with Crippen molar-refractivity contribution in [1.29, 1.82) is 0 Å². The second kappa shape index (κ2) is 3.42. The number of aliphatic carboxylic acids is 1. The van der Waals surface area contributed by atoms with E-state index in [2.05, 4.69) is 18.3 Å².